The molecule has 1 fully saturated rings. The molecule has 0 saturated carbocycles. The van der Waals surface area contributed by atoms with Gasteiger partial charge in [0.1, 0.15) is 6.23 Å². The lowest BCUT2D eigenvalue weighted by atomic mass is 9.94. The number of aromatic nitrogens is 2. The molecule has 114 valence electrons. The smallest absolute Gasteiger partial charge is 0.351 e. The van der Waals surface area contributed by atoms with Crippen LogP contribution in [0.3, 0.4) is 0 Å². The normalized spacial score (nSPS) is 28.0. The van der Waals surface area contributed by atoms with E-state index in [9.17, 15) is 9.90 Å². The van der Waals surface area contributed by atoms with E-state index in [0.717, 1.165) is 11.1 Å². The third kappa shape index (κ3) is 2.59. The fourth-order valence-corrected chi connectivity index (χ4v) is 2.86. The third-order valence-electron chi connectivity index (χ3n) is 4.03. The number of anilines is 1. The Morgan fingerprint density at radius 3 is 3.14 bits per heavy atom. The lowest BCUT2D eigenvalue weighted by Gasteiger charge is -2.20. The third-order valence-corrected chi connectivity index (χ3v) is 4.03. The highest BCUT2D eigenvalue weighted by molar-refractivity contribution is 5.41. The zero-order valence-corrected chi connectivity index (χ0v) is 11.9. The number of nitrogens with one attached hydrogen (secondary N) is 1. The van der Waals surface area contributed by atoms with Crippen LogP contribution in [0.1, 0.15) is 25.1 Å². The number of hydrogen-bond donors (Lipinski definition) is 2. The fourth-order valence-electron chi connectivity index (χ4n) is 2.86. The van der Waals surface area contributed by atoms with E-state index < -0.39 is 11.9 Å². The van der Waals surface area contributed by atoms with E-state index >= 15 is 0 Å². The molecule has 2 aliphatic heterocycles. The Morgan fingerprint density at radius 2 is 2.48 bits per heavy atom. The largest absolute Gasteiger partial charge is 0.394 e. The van der Waals surface area contributed by atoms with Crippen molar-refractivity contribution in [3.05, 3.63) is 34.4 Å². The van der Waals surface area contributed by atoms with E-state index in [2.05, 4.69) is 17.0 Å². The van der Waals surface area contributed by atoms with Crippen LogP contribution in [0.15, 0.2) is 23.1 Å². The molecule has 0 unspecified atom stereocenters. The van der Waals surface area contributed by atoms with E-state index in [4.69, 9.17) is 9.57 Å². The summed E-state index contributed by atoms with van der Waals surface area (Å²) in [7, 11) is 0. The first-order valence-electron chi connectivity index (χ1n) is 7.01. The lowest BCUT2D eigenvalue weighted by molar-refractivity contribution is -0.0302. The van der Waals surface area contributed by atoms with Crippen LogP contribution in [0.2, 0.25) is 0 Å². The first-order valence-corrected chi connectivity index (χ1v) is 7.01. The van der Waals surface area contributed by atoms with Gasteiger partial charge in [0.05, 0.1) is 19.3 Å². The summed E-state index contributed by atoms with van der Waals surface area (Å²) in [5.41, 5.74) is 4.13. The van der Waals surface area contributed by atoms with Crippen molar-refractivity contribution < 1.29 is 14.7 Å². The van der Waals surface area contributed by atoms with Gasteiger partial charge < -0.3 is 9.84 Å². The predicted molar refractivity (Wildman–Crippen MR) is 75.7 cm³/mol. The van der Waals surface area contributed by atoms with Crippen LogP contribution in [0.25, 0.3) is 0 Å². The molecule has 2 N–H and O–H groups in total. The van der Waals surface area contributed by atoms with E-state index in [1.807, 2.05) is 6.92 Å². The Kier molecular flexibility index (Phi) is 3.79. The van der Waals surface area contributed by atoms with Gasteiger partial charge in [-0.25, -0.2) is 10.3 Å². The number of hydrogen-bond acceptors (Lipinski definition) is 6. The van der Waals surface area contributed by atoms with E-state index in [-0.39, 0.29) is 18.6 Å². The number of aliphatic hydroxyl groups is 1. The van der Waals surface area contributed by atoms with Crippen molar-refractivity contribution in [2.24, 2.45) is 5.92 Å². The summed E-state index contributed by atoms with van der Waals surface area (Å²) in [6.45, 7) is 6.29. The summed E-state index contributed by atoms with van der Waals surface area (Å²) in [6, 6.07) is 0. The molecule has 1 aromatic heterocycles. The molecule has 2 aliphatic rings. The molecule has 0 aromatic carbocycles. The molecule has 3 heterocycles. The second kappa shape index (κ2) is 5.59. The van der Waals surface area contributed by atoms with Crippen molar-refractivity contribution in [2.45, 2.75) is 32.1 Å². The quantitative estimate of drug-likeness (QED) is 0.794. The summed E-state index contributed by atoms with van der Waals surface area (Å²) in [5.74, 6) is 0.514. The minimum atomic E-state index is -0.419. The Morgan fingerprint density at radius 1 is 1.67 bits per heavy atom. The number of fused-ring (bicyclic) bond motifs is 1. The molecular formula is C14H19N3O4. The van der Waals surface area contributed by atoms with Gasteiger partial charge in [-0.15, -0.1) is 0 Å². The van der Waals surface area contributed by atoms with E-state index in [1.165, 1.54) is 4.57 Å². The summed E-state index contributed by atoms with van der Waals surface area (Å²) >= 11 is 0. The minimum Gasteiger partial charge on any atom is -0.394 e. The van der Waals surface area contributed by atoms with Crippen molar-refractivity contribution in [1.82, 2.24) is 9.55 Å². The van der Waals surface area contributed by atoms with Crippen molar-refractivity contribution in [3.63, 3.8) is 0 Å². The first-order chi connectivity index (χ1) is 10.1. The molecular weight excluding hydrogens is 274 g/mol. The molecule has 21 heavy (non-hydrogen) atoms. The van der Waals surface area contributed by atoms with Crippen molar-refractivity contribution in [1.29, 1.82) is 0 Å². The monoisotopic (exact) mass is 293 g/mol. The van der Waals surface area contributed by atoms with Gasteiger partial charge in [-0.2, -0.15) is 4.98 Å². The number of aliphatic hydroxyl groups excluding tert-OH is 1. The highest BCUT2D eigenvalue weighted by atomic mass is 16.6. The van der Waals surface area contributed by atoms with Crippen LogP contribution in [-0.2, 0) is 16.0 Å². The van der Waals surface area contributed by atoms with Gasteiger partial charge in [-0.05, 0) is 6.92 Å². The van der Waals surface area contributed by atoms with Crippen LogP contribution in [0, 0.1) is 5.92 Å². The van der Waals surface area contributed by atoms with Crippen molar-refractivity contribution in [2.75, 3.05) is 18.7 Å². The van der Waals surface area contributed by atoms with Crippen molar-refractivity contribution in [3.8, 4) is 0 Å². The average molecular weight is 293 g/mol. The fraction of sp³-hybridized carbons (Fsp3) is 0.571. The van der Waals surface area contributed by atoms with E-state index in [0.29, 0.717) is 25.3 Å². The predicted octanol–water partition coefficient (Wildman–Crippen LogP) is 0.615. The standard InChI is InChI=1S/C14H19N3O4/c1-8(2)10-5-12(21-11(10)7-18)17-6-9-3-4-20-16-13(9)15-14(17)19/h6,10-12,18H,1,3-5,7H2,2H3,(H,15,16,19)/t10-,11-,12-/m1/s1. The lowest BCUT2D eigenvalue weighted by Crippen LogP contribution is -2.31. The topological polar surface area (TPSA) is 85.6 Å². The van der Waals surface area contributed by atoms with Gasteiger partial charge in [0, 0.05) is 30.5 Å². The second-order valence-corrected chi connectivity index (χ2v) is 5.51. The van der Waals surface area contributed by atoms with Crippen LogP contribution >= 0.6 is 0 Å². The summed E-state index contributed by atoms with van der Waals surface area (Å²) in [6.07, 6.45) is 2.33. The molecule has 0 radical (unpaired) electrons. The van der Waals surface area contributed by atoms with Crippen LogP contribution in [0.5, 0.6) is 0 Å². The Labute approximate surface area is 122 Å². The number of rotatable bonds is 3. The van der Waals surface area contributed by atoms with Crippen LogP contribution in [-0.4, -0.2) is 34.0 Å². The highest BCUT2D eigenvalue weighted by Gasteiger charge is 2.36. The van der Waals surface area contributed by atoms with Crippen molar-refractivity contribution >= 4 is 5.82 Å². The average Bonchev–Trinajstić information content (AvgIpc) is 2.90. The zero-order valence-electron chi connectivity index (χ0n) is 11.9. The summed E-state index contributed by atoms with van der Waals surface area (Å²) in [4.78, 5) is 21.2. The molecule has 0 bridgehead atoms. The molecule has 0 aliphatic carbocycles. The highest BCUT2D eigenvalue weighted by Crippen LogP contribution is 2.36. The van der Waals surface area contributed by atoms with Gasteiger partial charge in [0.2, 0.25) is 0 Å². The van der Waals surface area contributed by atoms with Gasteiger partial charge in [-0.3, -0.25) is 9.40 Å². The molecule has 7 nitrogen and oxygen atoms in total. The SMILES string of the molecule is C=C(C)[C@H]1C[C@H](n2cc3c(nc2=O)NOCC3)O[C@@H]1CO. The number of nitrogens with zero attached hydrogens (tertiary/aromatic N) is 2. The maximum atomic E-state index is 12.1. The van der Waals surface area contributed by atoms with Gasteiger partial charge in [0.25, 0.3) is 0 Å². The molecule has 3 rings (SSSR count). The second-order valence-electron chi connectivity index (χ2n) is 5.51. The molecule has 0 spiro atoms. The van der Waals surface area contributed by atoms with Gasteiger partial charge >= 0.3 is 5.69 Å². The number of ether oxygens (including phenoxy) is 1. The van der Waals surface area contributed by atoms with Crippen LogP contribution < -0.4 is 11.2 Å². The molecule has 1 aromatic rings. The van der Waals surface area contributed by atoms with Crippen LogP contribution in [0.4, 0.5) is 5.82 Å². The Hall–Kier alpha value is -1.70. The minimum absolute atomic E-state index is 0.0457. The zero-order chi connectivity index (χ0) is 15.0. The maximum absolute atomic E-state index is 12.1. The van der Waals surface area contributed by atoms with E-state index in [1.54, 1.807) is 6.20 Å². The molecule has 0 amide bonds. The molecule has 7 heteroatoms. The van der Waals surface area contributed by atoms with Gasteiger partial charge in [0.15, 0.2) is 5.82 Å². The first kappa shape index (κ1) is 14.2. The molecule has 3 atom stereocenters. The maximum Gasteiger partial charge on any atom is 0.351 e. The van der Waals surface area contributed by atoms with Gasteiger partial charge in [-0.1, -0.05) is 12.2 Å². The summed E-state index contributed by atoms with van der Waals surface area (Å²) in [5, 5.41) is 9.42. The Bertz CT molecular complexity index is 613. The Balaban J connectivity index is 1.91. The summed E-state index contributed by atoms with van der Waals surface area (Å²) < 4.78 is 7.30. The molecule has 1 saturated heterocycles.